The smallest absolute Gasteiger partial charge is 0.255 e. The molecule has 2 aliphatic rings. The SMILES string of the molecule is CC(=O)c1ccc(C(=O)Nc2ccc(CCN3C[C@@H]4COc5ccc(C#N)cc5[C@H]4C3)cc2)cc1. The number of nitriles is 1. The van der Waals surface area contributed by atoms with Crippen molar-refractivity contribution >= 4 is 17.4 Å². The molecule has 0 bridgehead atoms. The number of ketones is 1. The summed E-state index contributed by atoms with van der Waals surface area (Å²) in [4.78, 5) is 26.4. The zero-order valence-corrected chi connectivity index (χ0v) is 19.7. The summed E-state index contributed by atoms with van der Waals surface area (Å²) in [6.45, 7) is 5.16. The summed E-state index contributed by atoms with van der Waals surface area (Å²) < 4.78 is 5.96. The van der Waals surface area contributed by atoms with Crippen molar-refractivity contribution in [1.82, 2.24) is 4.90 Å². The number of hydrogen-bond donors (Lipinski definition) is 1. The molecule has 6 heteroatoms. The lowest BCUT2D eigenvalue weighted by atomic mass is 9.86. The van der Waals surface area contributed by atoms with Crippen LogP contribution in [-0.2, 0) is 6.42 Å². The first kappa shape index (κ1) is 22.8. The van der Waals surface area contributed by atoms with Gasteiger partial charge in [0.05, 0.1) is 18.2 Å². The molecule has 1 amide bonds. The van der Waals surface area contributed by atoms with Gasteiger partial charge in [0.2, 0.25) is 0 Å². The zero-order chi connectivity index (χ0) is 24.4. The van der Waals surface area contributed by atoms with Crippen molar-refractivity contribution in [2.24, 2.45) is 5.92 Å². The Bertz CT molecular complexity index is 1290. The molecule has 1 fully saturated rings. The average molecular weight is 466 g/mol. The van der Waals surface area contributed by atoms with Gasteiger partial charge in [-0.25, -0.2) is 0 Å². The molecule has 5 rings (SSSR count). The number of rotatable bonds is 6. The van der Waals surface area contributed by atoms with E-state index in [4.69, 9.17) is 4.74 Å². The summed E-state index contributed by atoms with van der Waals surface area (Å²) in [6, 6.07) is 22.6. The maximum absolute atomic E-state index is 12.5. The molecule has 2 aliphatic heterocycles. The molecule has 3 aromatic carbocycles. The number of nitrogens with one attached hydrogen (secondary N) is 1. The van der Waals surface area contributed by atoms with E-state index < -0.39 is 0 Å². The fraction of sp³-hybridized carbons (Fsp3) is 0.276. The zero-order valence-electron chi connectivity index (χ0n) is 19.7. The molecule has 0 aromatic heterocycles. The minimum absolute atomic E-state index is 0.0217. The fourth-order valence-electron chi connectivity index (χ4n) is 5.00. The fourth-order valence-corrected chi connectivity index (χ4v) is 5.00. The molecule has 0 saturated carbocycles. The Morgan fingerprint density at radius 3 is 2.49 bits per heavy atom. The highest BCUT2D eigenvalue weighted by atomic mass is 16.5. The van der Waals surface area contributed by atoms with Gasteiger partial charge in [0.25, 0.3) is 5.91 Å². The number of amides is 1. The van der Waals surface area contributed by atoms with Crippen LogP contribution in [0.5, 0.6) is 5.75 Å². The van der Waals surface area contributed by atoms with E-state index in [1.807, 2.05) is 30.3 Å². The predicted octanol–water partition coefficient (Wildman–Crippen LogP) is 4.66. The normalized spacial score (nSPS) is 18.6. The number of hydrogen-bond acceptors (Lipinski definition) is 5. The highest BCUT2D eigenvalue weighted by Crippen LogP contribution is 2.41. The molecule has 0 aliphatic carbocycles. The van der Waals surface area contributed by atoms with Crippen molar-refractivity contribution in [3.63, 3.8) is 0 Å². The maximum atomic E-state index is 12.5. The number of benzene rings is 3. The maximum Gasteiger partial charge on any atom is 0.255 e. The van der Waals surface area contributed by atoms with Crippen LogP contribution >= 0.6 is 0 Å². The number of ether oxygens (including phenoxy) is 1. The molecule has 1 N–H and O–H groups in total. The van der Waals surface area contributed by atoms with Gasteiger partial charge in [-0.1, -0.05) is 24.3 Å². The van der Waals surface area contributed by atoms with Crippen LogP contribution in [0.15, 0.2) is 66.7 Å². The molecule has 0 radical (unpaired) electrons. The third kappa shape index (κ3) is 4.96. The molecule has 1 saturated heterocycles. The van der Waals surface area contributed by atoms with Gasteiger partial charge >= 0.3 is 0 Å². The number of carbonyl (C=O) groups is 2. The summed E-state index contributed by atoms with van der Waals surface area (Å²) in [5.74, 6) is 1.56. The third-order valence-electron chi connectivity index (χ3n) is 6.99. The number of carbonyl (C=O) groups excluding carboxylic acids is 2. The summed E-state index contributed by atoms with van der Waals surface area (Å²) >= 11 is 0. The molecule has 6 nitrogen and oxygen atoms in total. The van der Waals surface area contributed by atoms with E-state index in [-0.39, 0.29) is 11.7 Å². The molecule has 176 valence electrons. The van der Waals surface area contributed by atoms with Crippen molar-refractivity contribution < 1.29 is 14.3 Å². The van der Waals surface area contributed by atoms with Gasteiger partial charge in [0.1, 0.15) is 5.75 Å². The topological polar surface area (TPSA) is 82.4 Å². The van der Waals surface area contributed by atoms with Gasteiger partial charge in [0, 0.05) is 53.8 Å². The van der Waals surface area contributed by atoms with Crippen LogP contribution in [0, 0.1) is 17.2 Å². The number of anilines is 1. The largest absolute Gasteiger partial charge is 0.493 e. The summed E-state index contributed by atoms with van der Waals surface area (Å²) in [5, 5.41) is 12.2. The highest BCUT2D eigenvalue weighted by molar-refractivity contribution is 6.05. The minimum atomic E-state index is -0.199. The first-order valence-electron chi connectivity index (χ1n) is 11.9. The summed E-state index contributed by atoms with van der Waals surface area (Å²) in [5.41, 5.74) is 4.91. The van der Waals surface area contributed by atoms with Crippen LogP contribution in [0.2, 0.25) is 0 Å². The van der Waals surface area contributed by atoms with Crippen LogP contribution in [0.3, 0.4) is 0 Å². The number of fused-ring (bicyclic) bond motifs is 3. The van der Waals surface area contributed by atoms with E-state index in [1.165, 1.54) is 18.1 Å². The average Bonchev–Trinajstić information content (AvgIpc) is 3.32. The van der Waals surface area contributed by atoms with Crippen molar-refractivity contribution in [3.05, 3.63) is 94.5 Å². The number of likely N-dealkylation sites (tertiary alicyclic amines) is 1. The second kappa shape index (κ2) is 9.73. The lowest BCUT2D eigenvalue weighted by Gasteiger charge is -2.27. The Labute approximate surface area is 205 Å². The second-order valence-corrected chi connectivity index (χ2v) is 9.34. The molecule has 2 heterocycles. The highest BCUT2D eigenvalue weighted by Gasteiger charge is 2.38. The second-order valence-electron chi connectivity index (χ2n) is 9.34. The molecular weight excluding hydrogens is 438 g/mol. The Hall–Kier alpha value is -3.95. The molecule has 0 spiro atoms. The van der Waals surface area contributed by atoms with Crippen molar-refractivity contribution in [1.29, 1.82) is 5.26 Å². The predicted molar refractivity (Wildman–Crippen MR) is 134 cm³/mol. The van der Waals surface area contributed by atoms with E-state index >= 15 is 0 Å². The monoisotopic (exact) mass is 465 g/mol. The number of nitrogens with zero attached hydrogens (tertiary/aromatic N) is 2. The van der Waals surface area contributed by atoms with Crippen LogP contribution in [-0.4, -0.2) is 42.8 Å². The Morgan fingerprint density at radius 2 is 1.77 bits per heavy atom. The Balaban J connectivity index is 1.15. The van der Waals surface area contributed by atoms with Gasteiger partial charge in [-0.2, -0.15) is 5.26 Å². The quantitative estimate of drug-likeness (QED) is 0.535. The first-order valence-corrected chi connectivity index (χ1v) is 11.9. The van der Waals surface area contributed by atoms with Crippen molar-refractivity contribution in [2.45, 2.75) is 19.3 Å². The first-order chi connectivity index (χ1) is 17.0. The minimum Gasteiger partial charge on any atom is -0.493 e. The van der Waals surface area contributed by atoms with Gasteiger partial charge in [-0.3, -0.25) is 9.59 Å². The molecule has 2 atom stereocenters. The van der Waals surface area contributed by atoms with Gasteiger partial charge < -0.3 is 15.0 Å². The van der Waals surface area contributed by atoms with Crippen LogP contribution in [0.1, 0.15) is 50.2 Å². The van der Waals surface area contributed by atoms with Crippen molar-refractivity contribution in [3.8, 4) is 11.8 Å². The lowest BCUT2D eigenvalue weighted by molar-refractivity contribution is 0.101. The van der Waals surface area contributed by atoms with Crippen LogP contribution < -0.4 is 10.1 Å². The van der Waals surface area contributed by atoms with E-state index in [0.717, 1.165) is 44.1 Å². The molecular formula is C29H27N3O3. The van der Waals surface area contributed by atoms with E-state index in [1.54, 1.807) is 24.3 Å². The Kier molecular flexibility index (Phi) is 6.35. The van der Waals surface area contributed by atoms with E-state index in [9.17, 15) is 14.9 Å². The molecule has 35 heavy (non-hydrogen) atoms. The lowest BCUT2D eigenvalue weighted by Crippen LogP contribution is -2.25. The summed E-state index contributed by atoms with van der Waals surface area (Å²) in [7, 11) is 0. The van der Waals surface area contributed by atoms with Crippen molar-refractivity contribution in [2.75, 3.05) is 31.6 Å². The van der Waals surface area contributed by atoms with Gasteiger partial charge in [0.15, 0.2) is 5.78 Å². The van der Waals surface area contributed by atoms with Crippen LogP contribution in [0.4, 0.5) is 5.69 Å². The van der Waals surface area contributed by atoms with E-state index in [0.29, 0.717) is 28.5 Å². The summed E-state index contributed by atoms with van der Waals surface area (Å²) in [6.07, 6.45) is 0.923. The van der Waals surface area contributed by atoms with Crippen LogP contribution in [0.25, 0.3) is 0 Å². The standard InChI is InChI=1S/C29H27N3O3/c1-19(33)22-5-7-23(8-6-22)29(34)31-25-9-2-20(3-10-25)12-13-32-16-24-18-35-28-11-4-21(15-30)14-26(28)27(24)17-32/h2-11,14,24,27H,12-13,16-18H2,1H3,(H,31,34)/t24-,27+/m1/s1. The van der Waals surface area contributed by atoms with Gasteiger partial charge in [-0.15, -0.1) is 0 Å². The number of Topliss-reactive ketones (excluding diaryl/α,β-unsaturated/α-hetero) is 1. The van der Waals surface area contributed by atoms with E-state index in [2.05, 4.69) is 28.4 Å². The molecule has 3 aromatic rings. The third-order valence-corrected chi connectivity index (χ3v) is 6.99. The van der Waals surface area contributed by atoms with Gasteiger partial charge in [-0.05, 0) is 61.4 Å². The molecule has 0 unspecified atom stereocenters. The Morgan fingerprint density at radius 1 is 1.03 bits per heavy atom.